The van der Waals surface area contributed by atoms with Crippen LogP contribution in [0.4, 0.5) is 0 Å². The van der Waals surface area contributed by atoms with Gasteiger partial charge in [-0.1, -0.05) is 26.0 Å². The summed E-state index contributed by atoms with van der Waals surface area (Å²) in [6.07, 6.45) is 1.36. The highest BCUT2D eigenvalue weighted by Crippen LogP contribution is 2.24. The molecule has 2 saturated heterocycles. The third-order valence-electron chi connectivity index (χ3n) is 6.02. The SMILES string of the molecule is CC(=O)N1CCC(C(=O)N2CCN(S(=O)(=O)c3ccc(C(C)C)cc3)CC2)CC1. The maximum absolute atomic E-state index is 12.9. The quantitative estimate of drug-likeness (QED) is 0.744. The van der Waals surface area contributed by atoms with Gasteiger partial charge in [0.1, 0.15) is 0 Å². The van der Waals surface area contributed by atoms with Gasteiger partial charge in [0.15, 0.2) is 0 Å². The van der Waals surface area contributed by atoms with E-state index >= 15 is 0 Å². The minimum Gasteiger partial charge on any atom is -0.343 e. The fourth-order valence-corrected chi connectivity index (χ4v) is 5.44. The number of benzene rings is 1. The van der Waals surface area contributed by atoms with Crippen LogP contribution >= 0.6 is 0 Å². The van der Waals surface area contributed by atoms with Crippen LogP contribution in [0.3, 0.4) is 0 Å². The lowest BCUT2D eigenvalue weighted by molar-refractivity contribution is -0.141. The Bertz CT molecular complexity index is 835. The molecule has 0 aromatic heterocycles. The van der Waals surface area contributed by atoms with Crippen LogP contribution in [0.25, 0.3) is 0 Å². The molecule has 2 aliphatic rings. The second kappa shape index (κ2) is 8.83. The molecule has 7 nitrogen and oxygen atoms in total. The van der Waals surface area contributed by atoms with Crippen molar-refractivity contribution in [3.8, 4) is 0 Å². The fraction of sp³-hybridized carbons (Fsp3) is 0.619. The molecular weight excluding hydrogens is 390 g/mol. The minimum absolute atomic E-state index is 0.0520. The lowest BCUT2D eigenvalue weighted by Crippen LogP contribution is -2.53. The lowest BCUT2D eigenvalue weighted by atomic mass is 9.95. The summed E-state index contributed by atoms with van der Waals surface area (Å²) in [5.74, 6) is 0.420. The van der Waals surface area contributed by atoms with Gasteiger partial charge in [-0.3, -0.25) is 9.59 Å². The smallest absolute Gasteiger partial charge is 0.243 e. The van der Waals surface area contributed by atoms with E-state index in [1.807, 2.05) is 12.1 Å². The molecule has 2 aliphatic heterocycles. The van der Waals surface area contributed by atoms with E-state index < -0.39 is 10.0 Å². The average molecular weight is 422 g/mol. The van der Waals surface area contributed by atoms with Gasteiger partial charge in [0.05, 0.1) is 4.90 Å². The third-order valence-corrected chi connectivity index (χ3v) is 7.94. The van der Waals surface area contributed by atoms with Gasteiger partial charge >= 0.3 is 0 Å². The van der Waals surface area contributed by atoms with Crippen molar-refractivity contribution in [3.63, 3.8) is 0 Å². The molecule has 1 aromatic carbocycles. The molecule has 0 atom stereocenters. The molecule has 2 heterocycles. The summed E-state index contributed by atoms with van der Waals surface area (Å²) in [6.45, 7) is 8.38. The number of amides is 2. The molecule has 0 radical (unpaired) electrons. The normalized spacial score (nSPS) is 19.6. The predicted molar refractivity (Wildman–Crippen MR) is 111 cm³/mol. The molecule has 0 spiro atoms. The summed E-state index contributed by atoms with van der Waals surface area (Å²) in [4.78, 5) is 28.1. The van der Waals surface area contributed by atoms with Crippen LogP contribution in [0.15, 0.2) is 29.2 Å². The largest absolute Gasteiger partial charge is 0.343 e. The van der Waals surface area contributed by atoms with Gasteiger partial charge < -0.3 is 9.80 Å². The van der Waals surface area contributed by atoms with Crippen molar-refractivity contribution in [1.82, 2.24) is 14.1 Å². The number of hydrogen-bond acceptors (Lipinski definition) is 4. The van der Waals surface area contributed by atoms with Crippen LogP contribution in [-0.2, 0) is 19.6 Å². The fourth-order valence-electron chi connectivity index (χ4n) is 4.02. The van der Waals surface area contributed by atoms with E-state index in [2.05, 4.69) is 13.8 Å². The molecule has 2 fully saturated rings. The highest BCUT2D eigenvalue weighted by molar-refractivity contribution is 7.89. The first-order valence-corrected chi connectivity index (χ1v) is 11.8. The maximum atomic E-state index is 12.9. The van der Waals surface area contributed by atoms with Gasteiger partial charge in [-0.15, -0.1) is 0 Å². The summed E-state index contributed by atoms with van der Waals surface area (Å²) in [5.41, 5.74) is 1.11. The second-order valence-electron chi connectivity index (χ2n) is 8.23. The van der Waals surface area contributed by atoms with E-state index in [-0.39, 0.29) is 17.7 Å². The van der Waals surface area contributed by atoms with E-state index in [1.54, 1.807) is 28.9 Å². The molecule has 0 aliphatic carbocycles. The van der Waals surface area contributed by atoms with Crippen LogP contribution < -0.4 is 0 Å². The first-order chi connectivity index (χ1) is 13.7. The second-order valence-corrected chi connectivity index (χ2v) is 10.2. The van der Waals surface area contributed by atoms with Crippen molar-refractivity contribution in [2.75, 3.05) is 39.3 Å². The Kier molecular flexibility index (Phi) is 6.63. The number of likely N-dealkylation sites (tertiary alicyclic amines) is 1. The summed E-state index contributed by atoms with van der Waals surface area (Å²) < 4.78 is 27.3. The van der Waals surface area contributed by atoms with Crippen molar-refractivity contribution >= 4 is 21.8 Å². The topological polar surface area (TPSA) is 78.0 Å². The van der Waals surface area contributed by atoms with Gasteiger partial charge in [-0.05, 0) is 36.5 Å². The number of carbonyl (C=O) groups is 2. The van der Waals surface area contributed by atoms with E-state index in [4.69, 9.17) is 0 Å². The Morgan fingerprint density at radius 3 is 1.93 bits per heavy atom. The van der Waals surface area contributed by atoms with E-state index in [9.17, 15) is 18.0 Å². The van der Waals surface area contributed by atoms with Crippen LogP contribution in [0, 0.1) is 5.92 Å². The van der Waals surface area contributed by atoms with Crippen molar-refractivity contribution < 1.29 is 18.0 Å². The molecule has 0 bridgehead atoms. The van der Waals surface area contributed by atoms with Crippen LogP contribution in [0.5, 0.6) is 0 Å². The Balaban J connectivity index is 1.57. The van der Waals surface area contributed by atoms with Crippen molar-refractivity contribution in [3.05, 3.63) is 29.8 Å². The molecule has 0 unspecified atom stereocenters. The molecule has 2 amide bonds. The number of piperidine rings is 1. The zero-order valence-corrected chi connectivity index (χ0v) is 18.3. The Morgan fingerprint density at radius 2 is 1.45 bits per heavy atom. The molecule has 8 heteroatoms. The third kappa shape index (κ3) is 4.80. The van der Waals surface area contributed by atoms with Gasteiger partial charge in [-0.2, -0.15) is 4.31 Å². The van der Waals surface area contributed by atoms with Crippen molar-refractivity contribution in [2.24, 2.45) is 5.92 Å². The maximum Gasteiger partial charge on any atom is 0.243 e. The van der Waals surface area contributed by atoms with Crippen molar-refractivity contribution in [1.29, 1.82) is 0 Å². The number of hydrogen-bond donors (Lipinski definition) is 0. The summed E-state index contributed by atoms with van der Waals surface area (Å²) in [7, 11) is -3.54. The standard InChI is InChI=1S/C21H31N3O4S/c1-16(2)18-4-6-20(7-5-18)29(27,28)24-14-12-23(13-15-24)21(26)19-8-10-22(11-9-19)17(3)25/h4-7,16,19H,8-15H2,1-3H3. The van der Waals surface area contributed by atoms with Gasteiger partial charge in [0.2, 0.25) is 21.8 Å². The van der Waals surface area contributed by atoms with Gasteiger partial charge in [-0.25, -0.2) is 8.42 Å². The molecule has 3 rings (SSSR count). The summed E-state index contributed by atoms with van der Waals surface area (Å²) in [6, 6.07) is 7.07. The highest BCUT2D eigenvalue weighted by atomic mass is 32.2. The van der Waals surface area contributed by atoms with Crippen molar-refractivity contribution in [2.45, 2.75) is 44.4 Å². The Labute approximate surface area is 173 Å². The minimum atomic E-state index is -3.54. The number of nitrogens with zero attached hydrogens (tertiary/aromatic N) is 3. The number of carbonyl (C=O) groups excluding carboxylic acids is 2. The zero-order valence-electron chi connectivity index (χ0n) is 17.5. The van der Waals surface area contributed by atoms with Gasteiger partial charge in [0.25, 0.3) is 0 Å². The van der Waals surface area contributed by atoms with Crippen LogP contribution in [0.2, 0.25) is 0 Å². The average Bonchev–Trinajstić information content (AvgIpc) is 2.73. The highest BCUT2D eigenvalue weighted by Gasteiger charge is 2.34. The van der Waals surface area contributed by atoms with E-state index in [0.29, 0.717) is 62.9 Å². The molecular formula is C21H31N3O4S. The van der Waals surface area contributed by atoms with Gasteiger partial charge in [0, 0.05) is 52.1 Å². The first-order valence-electron chi connectivity index (χ1n) is 10.3. The van der Waals surface area contributed by atoms with Crippen LogP contribution in [0.1, 0.15) is 45.1 Å². The molecule has 0 saturated carbocycles. The summed E-state index contributed by atoms with van der Waals surface area (Å²) >= 11 is 0. The number of sulfonamides is 1. The summed E-state index contributed by atoms with van der Waals surface area (Å²) in [5, 5.41) is 0. The Hall–Kier alpha value is -1.93. The Morgan fingerprint density at radius 1 is 0.897 bits per heavy atom. The first kappa shape index (κ1) is 21.8. The van der Waals surface area contributed by atoms with E-state index in [1.165, 1.54) is 4.31 Å². The molecule has 29 heavy (non-hydrogen) atoms. The molecule has 160 valence electrons. The van der Waals surface area contributed by atoms with Crippen LogP contribution in [-0.4, -0.2) is 73.6 Å². The molecule has 0 N–H and O–H groups in total. The zero-order chi connectivity index (χ0) is 21.2. The number of piperazine rings is 1. The predicted octanol–water partition coefficient (Wildman–Crippen LogP) is 1.90. The lowest BCUT2D eigenvalue weighted by Gasteiger charge is -2.38. The number of rotatable bonds is 4. The van der Waals surface area contributed by atoms with E-state index in [0.717, 1.165) is 5.56 Å². The monoisotopic (exact) mass is 421 g/mol. The molecule has 1 aromatic rings.